The Kier molecular flexibility index (Phi) is 3.58. The van der Waals surface area contributed by atoms with Crippen LogP contribution in [-0.2, 0) is 0 Å². The molecule has 2 aromatic rings. The highest BCUT2D eigenvalue weighted by molar-refractivity contribution is 6.29. The molecule has 2 rings (SSSR count). The molecule has 0 aliphatic carbocycles. The minimum Gasteiger partial charge on any atom is -0.338 e. The van der Waals surface area contributed by atoms with Crippen LogP contribution in [0.5, 0.6) is 0 Å². The van der Waals surface area contributed by atoms with Gasteiger partial charge in [-0.1, -0.05) is 11.6 Å². The van der Waals surface area contributed by atoms with E-state index in [1.165, 1.54) is 12.1 Å². The minimum absolute atomic E-state index is 0.00108. The molecule has 7 heteroatoms. The monoisotopic (exact) mass is 283 g/mol. The van der Waals surface area contributed by atoms with Crippen LogP contribution >= 0.6 is 11.6 Å². The standard InChI is InChI=1S/C12H5ClF3N3/c13-10-1-6(5-17)2-11(19-10)18-9-4-7(14)3-8(15)12(9)16/h1-4H,(H,18,19). The van der Waals surface area contributed by atoms with Crippen LogP contribution in [0.3, 0.4) is 0 Å². The molecule has 1 N–H and O–H groups in total. The van der Waals surface area contributed by atoms with Crippen LogP contribution in [0.15, 0.2) is 24.3 Å². The van der Waals surface area contributed by atoms with Crippen molar-refractivity contribution in [2.45, 2.75) is 0 Å². The van der Waals surface area contributed by atoms with Crippen molar-refractivity contribution in [3.63, 3.8) is 0 Å². The zero-order chi connectivity index (χ0) is 14.0. The second-order valence-corrected chi connectivity index (χ2v) is 3.94. The van der Waals surface area contributed by atoms with Crippen LogP contribution in [0.25, 0.3) is 0 Å². The molecule has 19 heavy (non-hydrogen) atoms. The number of aromatic nitrogens is 1. The third kappa shape index (κ3) is 2.95. The lowest BCUT2D eigenvalue weighted by Gasteiger charge is -2.08. The van der Waals surface area contributed by atoms with Gasteiger partial charge in [-0.15, -0.1) is 0 Å². The van der Waals surface area contributed by atoms with Crippen molar-refractivity contribution in [1.82, 2.24) is 4.98 Å². The lowest BCUT2D eigenvalue weighted by molar-refractivity contribution is 0.498. The van der Waals surface area contributed by atoms with Crippen molar-refractivity contribution in [2.24, 2.45) is 0 Å². The van der Waals surface area contributed by atoms with E-state index in [0.717, 1.165) is 6.07 Å². The SMILES string of the molecule is N#Cc1cc(Cl)nc(Nc2cc(F)cc(F)c2F)c1. The van der Waals surface area contributed by atoms with Crippen molar-refractivity contribution >= 4 is 23.1 Å². The number of halogens is 4. The summed E-state index contributed by atoms with van der Waals surface area (Å²) in [6.45, 7) is 0. The molecule has 0 unspecified atom stereocenters. The summed E-state index contributed by atoms with van der Waals surface area (Å²) in [5.41, 5.74) is -0.254. The molecule has 0 radical (unpaired) electrons. The zero-order valence-corrected chi connectivity index (χ0v) is 9.97. The summed E-state index contributed by atoms with van der Waals surface area (Å²) in [4.78, 5) is 3.77. The van der Waals surface area contributed by atoms with Gasteiger partial charge >= 0.3 is 0 Å². The Bertz CT molecular complexity index is 683. The number of nitrogens with one attached hydrogen (secondary N) is 1. The highest BCUT2D eigenvalue weighted by Gasteiger charge is 2.12. The number of pyridine rings is 1. The molecule has 0 spiro atoms. The summed E-state index contributed by atoms with van der Waals surface area (Å²) < 4.78 is 39.4. The summed E-state index contributed by atoms with van der Waals surface area (Å²) in [6.07, 6.45) is 0. The molecular formula is C12H5ClF3N3. The van der Waals surface area contributed by atoms with Crippen LogP contribution < -0.4 is 5.32 Å². The maximum absolute atomic E-state index is 13.4. The molecule has 96 valence electrons. The molecule has 0 fully saturated rings. The van der Waals surface area contributed by atoms with Crippen molar-refractivity contribution < 1.29 is 13.2 Å². The Labute approximate surface area is 111 Å². The van der Waals surface area contributed by atoms with Gasteiger partial charge in [0.1, 0.15) is 16.8 Å². The molecule has 0 saturated heterocycles. The van der Waals surface area contributed by atoms with Gasteiger partial charge < -0.3 is 5.32 Å². The summed E-state index contributed by atoms with van der Waals surface area (Å²) in [7, 11) is 0. The van der Waals surface area contributed by atoms with E-state index >= 15 is 0 Å². The average molecular weight is 284 g/mol. The number of nitriles is 1. The Morgan fingerprint density at radius 2 is 1.89 bits per heavy atom. The van der Waals surface area contributed by atoms with E-state index < -0.39 is 23.1 Å². The predicted octanol–water partition coefficient (Wildman–Crippen LogP) is 3.77. The first-order valence-corrected chi connectivity index (χ1v) is 5.36. The van der Waals surface area contributed by atoms with Crippen LogP contribution in [0, 0.1) is 28.8 Å². The van der Waals surface area contributed by atoms with Crippen molar-refractivity contribution in [1.29, 1.82) is 5.26 Å². The van der Waals surface area contributed by atoms with Crippen molar-refractivity contribution in [3.8, 4) is 6.07 Å². The molecule has 1 aromatic carbocycles. The van der Waals surface area contributed by atoms with Gasteiger partial charge in [-0.2, -0.15) is 5.26 Å². The molecule has 1 heterocycles. The fourth-order valence-corrected chi connectivity index (χ4v) is 1.62. The van der Waals surface area contributed by atoms with Gasteiger partial charge in [-0.3, -0.25) is 0 Å². The number of anilines is 2. The quantitative estimate of drug-likeness (QED) is 0.674. The third-order valence-corrected chi connectivity index (χ3v) is 2.37. The third-order valence-electron chi connectivity index (χ3n) is 2.18. The summed E-state index contributed by atoms with van der Waals surface area (Å²) in [5.74, 6) is -3.51. The molecule has 1 aromatic heterocycles. The van der Waals surface area contributed by atoms with Gasteiger partial charge in [-0.05, 0) is 12.1 Å². The molecule has 0 bridgehead atoms. The van der Waals surface area contributed by atoms with Gasteiger partial charge in [0.25, 0.3) is 0 Å². The van der Waals surface area contributed by atoms with Gasteiger partial charge in [0.2, 0.25) is 0 Å². The fraction of sp³-hybridized carbons (Fsp3) is 0. The van der Waals surface area contributed by atoms with Crippen molar-refractivity contribution in [3.05, 3.63) is 52.4 Å². The minimum atomic E-state index is -1.33. The first-order chi connectivity index (χ1) is 8.99. The van der Waals surface area contributed by atoms with E-state index in [2.05, 4.69) is 10.3 Å². The molecule has 0 atom stereocenters. The summed E-state index contributed by atoms with van der Waals surface area (Å²) >= 11 is 5.65. The topological polar surface area (TPSA) is 48.7 Å². The van der Waals surface area contributed by atoms with E-state index in [9.17, 15) is 13.2 Å². The number of benzene rings is 1. The largest absolute Gasteiger partial charge is 0.338 e. The van der Waals surface area contributed by atoms with Gasteiger partial charge in [-0.25, -0.2) is 18.2 Å². The van der Waals surface area contributed by atoms with Crippen LogP contribution in [0.1, 0.15) is 5.56 Å². The van der Waals surface area contributed by atoms with Crippen LogP contribution in [0.4, 0.5) is 24.7 Å². The molecular weight excluding hydrogens is 279 g/mol. The first-order valence-electron chi connectivity index (χ1n) is 4.99. The molecule has 3 nitrogen and oxygen atoms in total. The predicted molar refractivity (Wildman–Crippen MR) is 63.6 cm³/mol. The molecule has 0 saturated carbocycles. The number of nitrogens with zero attached hydrogens (tertiary/aromatic N) is 2. The normalized spacial score (nSPS) is 10.1. The van der Waals surface area contributed by atoms with E-state index in [1.807, 2.05) is 6.07 Å². The van der Waals surface area contributed by atoms with E-state index in [-0.39, 0.29) is 16.5 Å². The van der Waals surface area contributed by atoms with E-state index in [4.69, 9.17) is 16.9 Å². The number of rotatable bonds is 2. The Morgan fingerprint density at radius 3 is 2.58 bits per heavy atom. The summed E-state index contributed by atoms with van der Waals surface area (Å²) in [5, 5.41) is 11.1. The first kappa shape index (κ1) is 13.2. The number of hydrogen-bond donors (Lipinski definition) is 1. The highest BCUT2D eigenvalue weighted by Crippen LogP contribution is 2.24. The van der Waals surface area contributed by atoms with Crippen LogP contribution in [-0.4, -0.2) is 4.98 Å². The van der Waals surface area contributed by atoms with E-state index in [1.54, 1.807) is 0 Å². The molecule has 0 aliphatic rings. The molecule has 0 aliphatic heterocycles. The average Bonchev–Trinajstić information content (AvgIpc) is 2.34. The number of hydrogen-bond acceptors (Lipinski definition) is 3. The second-order valence-electron chi connectivity index (χ2n) is 3.55. The van der Waals surface area contributed by atoms with Gasteiger partial charge in [0.15, 0.2) is 11.6 Å². The second kappa shape index (κ2) is 5.16. The highest BCUT2D eigenvalue weighted by atomic mass is 35.5. The maximum Gasteiger partial charge on any atom is 0.182 e. The Hall–Kier alpha value is -2.26. The fourth-order valence-electron chi connectivity index (χ4n) is 1.41. The zero-order valence-electron chi connectivity index (χ0n) is 9.22. The molecule has 0 amide bonds. The van der Waals surface area contributed by atoms with Gasteiger partial charge in [0, 0.05) is 12.1 Å². The van der Waals surface area contributed by atoms with Gasteiger partial charge in [0.05, 0.1) is 17.3 Å². The summed E-state index contributed by atoms with van der Waals surface area (Å²) in [6, 6.07) is 5.59. The van der Waals surface area contributed by atoms with Crippen LogP contribution in [0.2, 0.25) is 5.15 Å². The van der Waals surface area contributed by atoms with Crippen molar-refractivity contribution in [2.75, 3.05) is 5.32 Å². The Morgan fingerprint density at radius 1 is 1.16 bits per heavy atom. The maximum atomic E-state index is 13.4. The lowest BCUT2D eigenvalue weighted by atomic mass is 10.2. The lowest BCUT2D eigenvalue weighted by Crippen LogP contribution is -2.00. The van der Waals surface area contributed by atoms with E-state index in [0.29, 0.717) is 6.07 Å². The smallest absolute Gasteiger partial charge is 0.182 e. The Balaban J connectivity index is 2.42.